The van der Waals surface area contributed by atoms with E-state index in [2.05, 4.69) is 16.4 Å². The highest BCUT2D eigenvalue weighted by molar-refractivity contribution is 5.93. The average molecular weight is 326 g/mol. The van der Waals surface area contributed by atoms with Crippen molar-refractivity contribution in [3.63, 3.8) is 0 Å². The molecule has 2 aromatic rings. The standard InChI is InChI=1S/C19H22N2O3/c1-3-16-12(2)9-15(19(23)21-16)18(22)20-11-13-6-7-17-14(10-13)5-4-8-24-17/h6-7,9-10H,3-5,8,11H2,1-2H3,(H,20,22)(H,21,23). The molecule has 0 bridgehead atoms. The number of nitrogens with one attached hydrogen (secondary N) is 2. The summed E-state index contributed by atoms with van der Waals surface area (Å²) in [5, 5.41) is 2.83. The quantitative estimate of drug-likeness (QED) is 0.907. The van der Waals surface area contributed by atoms with Gasteiger partial charge in [0.25, 0.3) is 11.5 Å². The monoisotopic (exact) mass is 326 g/mol. The Morgan fingerprint density at radius 3 is 2.96 bits per heavy atom. The molecule has 1 aromatic carbocycles. The maximum Gasteiger partial charge on any atom is 0.261 e. The highest BCUT2D eigenvalue weighted by Gasteiger charge is 2.14. The van der Waals surface area contributed by atoms with E-state index < -0.39 is 0 Å². The van der Waals surface area contributed by atoms with Crippen molar-refractivity contribution < 1.29 is 9.53 Å². The summed E-state index contributed by atoms with van der Waals surface area (Å²) in [5.41, 5.74) is 3.79. The second kappa shape index (κ2) is 6.91. The van der Waals surface area contributed by atoms with Gasteiger partial charge in [0.15, 0.2) is 0 Å². The summed E-state index contributed by atoms with van der Waals surface area (Å²) < 4.78 is 5.59. The Hall–Kier alpha value is -2.56. The third kappa shape index (κ3) is 3.35. The molecule has 1 amide bonds. The fourth-order valence-corrected chi connectivity index (χ4v) is 3.01. The van der Waals surface area contributed by atoms with Crippen LogP contribution in [-0.2, 0) is 19.4 Å². The van der Waals surface area contributed by atoms with Crippen LogP contribution in [0.2, 0.25) is 0 Å². The molecule has 126 valence electrons. The van der Waals surface area contributed by atoms with Gasteiger partial charge in [0, 0.05) is 12.2 Å². The molecule has 0 unspecified atom stereocenters. The Bertz CT molecular complexity index is 824. The number of rotatable bonds is 4. The van der Waals surface area contributed by atoms with Gasteiger partial charge in [-0.3, -0.25) is 9.59 Å². The van der Waals surface area contributed by atoms with E-state index >= 15 is 0 Å². The second-order valence-electron chi connectivity index (χ2n) is 6.10. The number of carbonyl (C=O) groups is 1. The fraction of sp³-hybridized carbons (Fsp3) is 0.368. The molecular weight excluding hydrogens is 304 g/mol. The minimum Gasteiger partial charge on any atom is -0.493 e. The molecule has 0 fully saturated rings. The summed E-state index contributed by atoms with van der Waals surface area (Å²) in [7, 11) is 0. The SMILES string of the molecule is CCc1[nH]c(=O)c(C(=O)NCc2ccc3c(c2)CCCO3)cc1C. The summed E-state index contributed by atoms with van der Waals surface area (Å²) in [6.45, 7) is 5.02. The average Bonchev–Trinajstić information content (AvgIpc) is 2.61. The molecule has 0 saturated heterocycles. The first-order chi connectivity index (χ1) is 11.6. The van der Waals surface area contributed by atoms with Crippen LogP contribution in [0.4, 0.5) is 0 Å². The zero-order valence-electron chi connectivity index (χ0n) is 14.1. The lowest BCUT2D eigenvalue weighted by Crippen LogP contribution is -2.30. The Morgan fingerprint density at radius 2 is 2.17 bits per heavy atom. The van der Waals surface area contributed by atoms with Crippen molar-refractivity contribution in [2.75, 3.05) is 6.61 Å². The van der Waals surface area contributed by atoms with Crippen molar-refractivity contribution >= 4 is 5.91 Å². The van der Waals surface area contributed by atoms with Crippen LogP contribution in [0.3, 0.4) is 0 Å². The van der Waals surface area contributed by atoms with Crippen LogP contribution in [-0.4, -0.2) is 17.5 Å². The van der Waals surface area contributed by atoms with Crippen LogP contribution in [0.15, 0.2) is 29.1 Å². The molecule has 0 atom stereocenters. The lowest BCUT2D eigenvalue weighted by molar-refractivity contribution is 0.0949. The maximum atomic E-state index is 12.3. The van der Waals surface area contributed by atoms with Crippen LogP contribution in [0.1, 0.15) is 46.1 Å². The van der Waals surface area contributed by atoms with E-state index in [-0.39, 0.29) is 17.0 Å². The molecule has 0 aliphatic carbocycles. The third-order valence-electron chi connectivity index (χ3n) is 4.37. The van der Waals surface area contributed by atoms with Crippen molar-refractivity contribution in [3.8, 4) is 5.75 Å². The van der Waals surface area contributed by atoms with Crippen molar-refractivity contribution in [1.82, 2.24) is 10.3 Å². The lowest BCUT2D eigenvalue weighted by Gasteiger charge is -2.18. The molecule has 2 heterocycles. The first kappa shape index (κ1) is 16.3. The number of benzene rings is 1. The number of H-pyrrole nitrogens is 1. The van der Waals surface area contributed by atoms with E-state index in [0.29, 0.717) is 6.54 Å². The normalized spacial score (nSPS) is 13.1. The van der Waals surface area contributed by atoms with Gasteiger partial charge in [-0.25, -0.2) is 0 Å². The van der Waals surface area contributed by atoms with Gasteiger partial charge in [-0.1, -0.05) is 19.1 Å². The molecule has 5 nitrogen and oxygen atoms in total. The van der Waals surface area contributed by atoms with Crippen molar-refractivity contribution in [1.29, 1.82) is 0 Å². The van der Waals surface area contributed by atoms with Gasteiger partial charge < -0.3 is 15.0 Å². The smallest absolute Gasteiger partial charge is 0.261 e. The van der Waals surface area contributed by atoms with Crippen LogP contribution in [0.25, 0.3) is 0 Å². The van der Waals surface area contributed by atoms with E-state index in [4.69, 9.17) is 4.74 Å². The topological polar surface area (TPSA) is 71.2 Å². The van der Waals surface area contributed by atoms with E-state index in [9.17, 15) is 9.59 Å². The minimum atomic E-state index is -0.351. The molecule has 3 rings (SSSR count). The largest absolute Gasteiger partial charge is 0.493 e. The first-order valence-corrected chi connectivity index (χ1v) is 8.34. The van der Waals surface area contributed by atoms with Gasteiger partial charge in [-0.2, -0.15) is 0 Å². The molecule has 24 heavy (non-hydrogen) atoms. The van der Waals surface area contributed by atoms with Crippen molar-refractivity contribution in [2.45, 2.75) is 39.7 Å². The zero-order valence-corrected chi connectivity index (χ0v) is 14.1. The summed E-state index contributed by atoms with van der Waals surface area (Å²) in [4.78, 5) is 27.2. The number of aryl methyl sites for hydroxylation is 3. The third-order valence-corrected chi connectivity index (χ3v) is 4.37. The summed E-state index contributed by atoms with van der Waals surface area (Å²) >= 11 is 0. The van der Waals surface area contributed by atoms with Gasteiger partial charge >= 0.3 is 0 Å². The number of ether oxygens (including phenoxy) is 1. The second-order valence-corrected chi connectivity index (χ2v) is 6.10. The summed E-state index contributed by atoms with van der Waals surface area (Å²) in [5.74, 6) is 0.578. The summed E-state index contributed by atoms with van der Waals surface area (Å²) in [6, 6.07) is 7.61. The lowest BCUT2D eigenvalue weighted by atomic mass is 10.0. The van der Waals surface area contributed by atoms with Gasteiger partial charge in [0.05, 0.1) is 6.61 Å². The first-order valence-electron chi connectivity index (χ1n) is 8.34. The maximum absolute atomic E-state index is 12.3. The van der Waals surface area contributed by atoms with Gasteiger partial charge in [0.2, 0.25) is 0 Å². The number of fused-ring (bicyclic) bond motifs is 1. The highest BCUT2D eigenvalue weighted by Crippen LogP contribution is 2.25. The Labute approximate surface area is 141 Å². The number of carbonyl (C=O) groups excluding carboxylic acids is 1. The molecule has 1 aliphatic heterocycles. The molecule has 2 N–H and O–H groups in total. The minimum absolute atomic E-state index is 0.158. The Kier molecular flexibility index (Phi) is 4.69. The van der Waals surface area contributed by atoms with E-state index in [1.54, 1.807) is 6.07 Å². The van der Waals surface area contributed by atoms with Gasteiger partial charge in [-0.05, 0) is 55.0 Å². The number of hydrogen-bond acceptors (Lipinski definition) is 3. The zero-order chi connectivity index (χ0) is 17.1. The number of hydrogen-bond donors (Lipinski definition) is 2. The molecule has 5 heteroatoms. The van der Waals surface area contributed by atoms with Gasteiger partial charge in [-0.15, -0.1) is 0 Å². The summed E-state index contributed by atoms with van der Waals surface area (Å²) in [6.07, 6.45) is 2.75. The predicted octanol–water partition coefficient (Wildman–Crippen LogP) is 2.50. The van der Waals surface area contributed by atoms with Crippen molar-refractivity contribution in [2.24, 2.45) is 0 Å². The molecule has 1 aliphatic rings. The Morgan fingerprint density at radius 1 is 1.33 bits per heavy atom. The molecular formula is C19H22N2O3. The van der Waals surface area contributed by atoms with Crippen LogP contribution >= 0.6 is 0 Å². The van der Waals surface area contributed by atoms with Crippen LogP contribution in [0, 0.1) is 6.92 Å². The molecule has 0 radical (unpaired) electrons. The van der Waals surface area contributed by atoms with E-state index in [1.165, 1.54) is 5.56 Å². The number of aromatic nitrogens is 1. The number of amides is 1. The van der Waals surface area contributed by atoms with Crippen LogP contribution < -0.4 is 15.6 Å². The fourth-order valence-electron chi connectivity index (χ4n) is 3.01. The highest BCUT2D eigenvalue weighted by atomic mass is 16.5. The predicted molar refractivity (Wildman–Crippen MR) is 92.6 cm³/mol. The van der Waals surface area contributed by atoms with Gasteiger partial charge in [0.1, 0.15) is 11.3 Å². The number of pyridine rings is 1. The molecule has 0 spiro atoms. The van der Waals surface area contributed by atoms with Crippen molar-refractivity contribution in [3.05, 3.63) is 62.6 Å². The molecule has 0 saturated carbocycles. The Balaban J connectivity index is 1.72. The van der Waals surface area contributed by atoms with E-state index in [0.717, 1.165) is 48.4 Å². The number of aromatic amines is 1. The molecule has 1 aromatic heterocycles. The van der Waals surface area contributed by atoms with Crippen LogP contribution in [0.5, 0.6) is 5.75 Å². The van der Waals surface area contributed by atoms with E-state index in [1.807, 2.05) is 26.0 Å².